The third kappa shape index (κ3) is 1.97. The van der Waals surface area contributed by atoms with Gasteiger partial charge in [0.05, 0.1) is 5.56 Å². The van der Waals surface area contributed by atoms with Crippen molar-refractivity contribution in [3.63, 3.8) is 0 Å². The fourth-order valence-corrected chi connectivity index (χ4v) is 2.34. The Balaban J connectivity index is 2.24. The summed E-state index contributed by atoms with van der Waals surface area (Å²) in [5, 5.41) is 8.94. The molecule has 3 rings (SSSR count). The van der Waals surface area contributed by atoms with Crippen molar-refractivity contribution >= 4 is 5.82 Å². The van der Waals surface area contributed by atoms with Crippen LogP contribution in [-0.4, -0.2) is 19.6 Å². The molecular weight excluding hydrogens is 250 g/mol. The van der Waals surface area contributed by atoms with E-state index < -0.39 is 0 Å². The van der Waals surface area contributed by atoms with Crippen LogP contribution in [0.15, 0.2) is 36.5 Å². The number of hydrogen-bond donors (Lipinski definition) is 1. The summed E-state index contributed by atoms with van der Waals surface area (Å²) in [6.45, 7) is 2.07. The van der Waals surface area contributed by atoms with Gasteiger partial charge in [-0.2, -0.15) is 10.2 Å². The molecule has 0 radical (unpaired) electrons. The van der Waals surface area contributed by atoms with Crippen molar-refractivity contribution in [1.82, 2.24) is 19.6 Å². The molecule has 2 N–H and O–H groups in total. The summed E-state index contributed by atoms with van der Waals surface area (Å²) < 4.78 is 3.46. The number of benzene rings is 1. The lowest BCUT2D eigenvalue weighted by Gasteiger charge is -2.04. The molecular formula is C15H17N5. The van der Waals surface area contributed by atoms with Gasteiger partial charge in [-0.25, -0.2) is 0 Å². The minimum Gasteiger partial charge on any atom is -0.383 e. The van der Waals surface area contributed by atoms with Gasteiger partial charge in [-0.15, -0.1) is 0 Å². The summed E-state index contributed by atoms with van der Waals surface area (Å²) in [5.74, 6) is 0.649. The summed E-state index contributed by atoms with van der Waals surface area (Å²) in [5.41, 5.74) is 11.0. The second-order valence-electron chi connectivity index (χ2n) is 4.98. The molecule has 0 unspecified atom stereocenters. The maximum Gasteiger partial charge on any atom is 0.129 e. The molecule has 0 amide bonds. The molecule has 0 aliphatic heterocycles. The second-order valence-corrected chi connectivity index (χ2v) is 4.98. The lowest BCUT2D eigenvalue weighted by molar-refractivity contribution is 0.760. The number of aryl methyl sites for hydroxylation is 3. The number of nitrogens with zero attached hydrogens (tertiary/aromatic N) is 4. The first-order valence-electron chi connectivity index (χ1n) is 6.46. The Kier molecular flexibility index (Phi) is 2.82. The molecule has 0 aliphatic rings. The Morgan fingerprint density at radius 2 is 1.90 bits per heavy atom. The summed E-state index contributed by atoms with van der Waals surface area (Å²) >= 11 is 0. The monoisotopic (exact) mass is 267 g/mol. The van der Waals surface area contributed by atoms with Crippen LogP contribution >= 0.6 is 0 Å². The molecule has 5 nitrogen and oxygen atoms in total. The van der Waals surface area contributed by atoms with Gasteiger partial charge in [-0.1, -0.05) is 29.8 Å². The maximum absolute atomic E-state index is 6.20. The number of rotatable bonds is 2. The summed E-state index contributed by atoms with van der Waals surface area (Å²) in [7, 11) is 3.74. The molecule has 0 saturated carbocycles. The molecule has 2 aromatic heterocycles. The highest BCUT2D eigenvalue weighted by atomic mass is 15.3. The molecule has 3 aromatic rings. The van der Waals surface area contributed by atoms with E-state index in [0.29, 0.717) is 5.82 Å². The Hall–Kier alpha value is -2.56. The van der Waals surface area contributed by atoms with Gasteiger partial charge in [-0.3, -0.25) is 9.36 Å². The molecule has 20 heavy (non-hydrogen) atoms. The van der Waals surface area contributed by atoms with E-state index in [1.165, 1.54) is 5.56 Å². The molecule has 0 fully saturated rings. The minimum absolute atomic E-state index is 0.649. The van der Waals surface area contributed by atoms with Gasteiger partial charge in [0.2, 0.25) is 0 Å². The Labute approximate surface area is 117 Å². The van der Waals surface area contributed by atoms with E-state index in [1.54, 1.807) is 9.36 Å². The number of nitrogens with two attached hydrogens (primary N) is 1. The smallest absolute Gasteiger partial charge is 0.129 e. The Bertz CT molecular complexity index is 766. The quantitative estimate of drug-likeness (QED) is 0.775. The van der Waals surface area contributed by atoms with Crippen LogP contribution in [0.4, 0.5) is 5.82 Å². The van der Waals surface area contributed by atoms with E-state index in [1.807, 2.05) is 38.5 Å². The van der Waals surface area contributed by atoms with Crippen LogP contribution in [-0.2, 0) is 14.1 Å². The molecule has 2 heterocycles. The largest absolute Gasteiger partial charge is 0.383 e. The molecule has 0 atom stereocenters. The fourth-order valence-electron chi connectivity index (χ4n) is 2.34. The highest BCUT2D eigenvalue weighted by molar-refractivity contribution is 5.87. The lowest BCUT2D eigenvalue weighted by atomic mass is 10.0. The van der Waals surface area contributed by atoms with E-state index in [4.69, 9.17) is 5.73 Å². The molecule has 102 valence electrons. The molecule has 5 heteroatoms. The van der Waals surface area contributed by atoms with Crippen molar-refractivity contribution in [3.8, 4) is 22.5 Å². The van der Waals surface area contributed by atoms with Gasteiger partial charge < -0.3 is 5.73 Å². The summed E-state index contributed by atoms with van der Waals surface area (Å²) in [6.07, 6.45) is 1.90. The van der Waals surface area contributed by atoms with Crippen molar-refractivity contribution in [2.24, 2.45) is 14.1 Å². The zero-order chi connectivity index (χ0) is 14.3. The van der Waals surface area contributed by atoms with Crippen LogP contribution in [0.1, 0.15) is 5.56 Å². The molecule has 0 saturated heterocycles. The zero-order valence-electron chi connectivity index (χ0n) is 11.8. The number of aromatic nitrogens is 4. The third-order valence-corrected chi connectivity index (χ3v) is 3.35. The first kappa shape index (κ1) is 12.5. The average molecular weight is 267 g/mol. The number of nitrogen functional groups attached to an aromatic ring is 1. The SMILES string of the molecule is Cc1cccc(-c2c(-c3ccn(C)n3)nn(C)c2N)c1. The predicted octanol–water partition coefficient (Wildman–Crippen LogP) is 2.38. The van der Waals surface area contributed by atoms with Crippen LogP contribution in [0.5, 0.6) is 0 Å². The van der Waals surface area contributed by atoms with Gasteiger partial charge in [0, 0.05) is 20.3 Å². The van der Waals surface area contributed by atoms with Crippen molar-refractivity contribution in [2.45, 2.75) is 6.92 Å². The van der Waals surface area contributed by atoms with Crippen LogP contribution in [0.3, 0.4) is 0 Å². The normalized spacial score (nSPS) is 10.9. The molecule has 1 aromatic carbocycles. The Morgan fingerprint density at radius 1 is 1.10 bits per heavy atom. The first-order chi connectivity index (χ1) is 9.56. The highest BCUT2D eigenvalue weighted by Crippen LogP contribution is 2.35. The molecule has 0 bridgehead atoms. The fraction of sp³-hybridized carbons (Fsp3) is 0.200. The Morgan fingerprint density at radius 3 is 2.55 bits per heavy atom. The van der Waals surface area contributed by atoms with E-state index in [0.717, 1.165) is 22.5 Å². The van der Waals surface area contributed by atoms with Crippen LogP contribution < -0.4 is 5.73 Å². The van der Waals surface area contributed by atoms with Gasteiger partial charge >= 0.3 is 0 Å². The van der Waals surface area contributed by atoms with Gasteiger partial charge in [0.25, 0.3) is 0 Å². The highest BCUT2D eigenvalue weighted by Gasteiger charge is 2.18. The summed E-state index contributed by atoms with van der Waals surface area (Å²) in [4.78, 5) is 0. The van der Waals surface area contributed by atoms with E-state index in [-0.39, 0.29) is 0 Å². The standard InChI is InChI=1S/C15H17N5/c1-10-5-4-6-11(9-10)13-14(18-20(3)15(13)16)12-7-8-19(2)17-12/h4-9H,16H2,1-3H3. The van der Waals surface area contributed by atoms with Crippen LogP contribution in [0, 0.1) is 6.92 Å². The molecule has 0 aliphatic carbocycles. The lowest BCUT2D eigenvalue weighted by Crippen LogP contribution is -1.98. The zero-order valence-corrected chi connectivity index (χ0v) is 11.8. The maximum atomic E-state index is 6.20. The van der Waals surface area contributed by atoms with Crippen LogP contribution in [0.2, 0.25) is 0 Å². The average Bonchev–Trinajstić information content (AvgIpc) is 2.95. The molecule has 0 spiro atoms. The van der Waals surface area contributed by atoms with Crippen molar-refractivity contribution in [3.05, 3.63) is 42.1 Å². The number of hydrogen-bond acceptors (Lipinski definition) is 3. The van der Waals surface area contributed by atoms with E-state index in [2.05, 4.69) is 29.3 Å². The summed E-state index contributed by atoms with van der Waals surface area (Å²) in [6, 6.07) is 10.2. The van der Waals surface area contributed by atoms with E-state index >= 15 is 0 Å². The van der Waals surface area contributed by atoms with Crippen molar-refractivity contribution < 1.29 is 0 Å². The minimum atomic E-state index is 0.649. The topological polar surface area (TPSA) is 61.7 Å². The first-order valence-corrected chi connectivity index (χ1v) is 6.46. The van der Waals surface area contributed by atoms with Gasteiger partial charge in [0.15, 0.2) is 0 Å². The predicted molar refractivity (Wildman–Crippen MR) is 80.0 cm³/mol. The third-order valence-electron chi connectivity index (χ3n) is 3.35. The van der Waals surface area contributed by atoms with Gasteiger partial charge in [0.1, 0.15) is 17.2 Å². The second kappa shape index (κ2) is 4.52. The van der Waals surface area contributed by atoms with Gasteiger partial charge in [-0.05, 0) is 18.6 Å². The van der Waals surface area contributed by atoms with Crippen molar-refractivity contribution in [2.75, 3.05) is 5.73 Å². The van der Waals surface area contributed by atoms with E-state index in [9.17, 15) is 0 Å². The van der Waals surface area contributed by atoms with Crippen molar-refractivity contribution in [1.29, 1.82) is 0 Å². The van der Waals surface area contributed by atoms with Crippen LogP contribution in [0.25, 0.3) is 22.5 Å². The number of anilines is 1.